The van der Waals surface area contributed by atoms with Crippen LogP contribution in [0.2, 0.25) is 0 Å². The minimum atomic E-state index is -0.364. The summed E-state index contributed by atoms with van der Waals surface area (Å²) in [7, 11) is 4.16. The second-order valence-corrected chi connectivity index (χ2v) is 6.39. The van der Waals surface area contributed by atoms with E-state index in [0.717, 1.165) is 19.5 Å². The van der Waals surface area contributed by atoms with E-state index >= 15 is 0 Å². The van der Waals surface area contributed by atoms with E-state index in [1.165, 1.54) is 13.3 Å². The van der Waals surface area contributed by atoms with Gasteiger partial charge in [0, 0.05) is 12.6 Å². The normalized spacial score (nSPS) is 22.1. The van der Waals surface area contributed by atoms with Gasteiger partial charge in [-0.3, -0.25) is 14.5 Å². The molecule has 1 N–H and O–H groups in total. The van der Waals surface area contributed by atoms with Crippen LogP contribution in [0.25, 0.3) is 0 Å². The van der Waals surface area contributed by atoms with Crippen molar-refractivity contribution >= 4 is 11.7 Å². The first-order valence-electron chi connectivity index (χ1n) is 7.49. The standard InChI is InChI=1S/C15H29N3O2/c1-11(2)15(12(3)19)16-14(20)10-18-8-6-7-13(9-18)17(4)5/h11,13,15H,6-10H2,1-5H3,(H,16,20). The van der Waals surface area contributed by atoms with Gasteiger partial charge >= 0.3 is 0 Å². The maximum absolute atomic E-state index is 12.1. The highest BCUT2D eigenvalue weighted by Crippen LogP contribution is 2.13. The van der Waals surface area contributed by atoms with Crippen molar-refractivity contribution in [1.82, 2.24) is 15.1 Å². The number of likely N-dealkylation sites (tertiary alicyclic amines) is 1. The molecule has 1 saturated heterocycles. The molecular formula is C15H29N3O2. The first kappa shape index (κ1) is 17.1. The Kier molecular flexibility index (Phi) is 6.62. The van der Waals surface area contributed by atoms with Gasteiger partial charge in [0.05, 0.1) is 12.6 Å². The lowest BCUT2D eigenvalue weighted by Gasteiger charge is -2.36. The summed E-state index contributed by atoms with van der Waals surface area (Å²) in [6.45, 7) is 7.72. The lowest BCUT2D eigenvalue weighted by Crippen LogP contribution is -2.51. The van der Waals surface area contributed by atoms with Crippen molar-refractivity contribution in [2.45, 2.75) is 45.7 Å². The van der Waals surface area contributed by atoms with Crippen molar-refractivity contribution in [1.29, 1.82) is 0 Å². The fraction of sp³-hybridized carbons (Fsp3) is 0.867. The molecule has 0 saturated carbocycles. The Morgan fingerprint density at radius 1 is 1.35 bits per heavy atom. The fourth-order valence-corrected chi connectivity index (χ4v) is 2.76. The zero-order chi connectivity index (χ0) is 15.3. The molecule has 0 bridgehead atoms. The predicted octanol–water partition coefficient (Wildman–Crippen LogP) is 0.742. The topological polar surface area (TPSA) is 52.7 Å². The highest BCUT2D eigenvalue weighted by molar-refractivity contribution is 5.88. The van der Waals surface area contributed by atoms with Gasteiger partial charge in [0.25, 0.3) is 0 Å². The minimum absolute atomic E-state index is 0.0261. The van der Waals surface area contributed by atoms with Gasteiger partial charge in [0.1, 0.15) is 0 Å². The molecule has 2 atom stereocenters. The third-order valence-electron chi connectivity index (χ3n) is 4.00. The van der Waals surface area contributed by atoms with E-state index in [2.05, 4.69) is 29.2 Å². The Labute approximate surface area is 122 Å². The van der Waals surface area contributed by atoms with Crippen LogP contribution in [-0.4, -0.2) is 67.3 Å². The SMILES string of the molecule is CC(=O)C(NC(=O)CN1CCCC(N(C)C)C1)C(C)C. The van der Waals surface area contributed by atoms with Crippen LogP contribution in [0.4, 0.5) is 0 Å². The molecule has 0 aromatic carbocycles. The monoisotopic (exact) mass is 283 g/mol. The molecule has 1 aliphatic heterocycles. The van der Waals surface area contributed by atoms with Gasteiger partial charge in [0.2, 0.25) is 5.91 Å². The number of hydrogen-bond acceptors (Lipinski definition) is 4. The van der Waals surface area contributed by atoms with Crippen molar-refractivity contribution in [2.75, 3.05) is 33.7 Å². The molecule has 1 amide bonds. The van der Waals surface area contributed by atoms with Gasteiger partial charge < -0.3 is 10.2 Å². The van der Waals surface area contributed by atoms with Crippen LogP contribution in [0.5, 0.6) is 0 Å². The Morgan fingerprint density at radius 3 is 2.50 bits per heavy atom. The summed E-state index contributed by atoms with van der Waals surface area (Å²) in [5.41, 5.74) is 0. The van der Waals surface area contributed by atoms with Gasteiger partial charge in [-0.25, -0.2) is 0 Å². The number of ketones is 1. The summed E-state index contributed by atoms with van der Waals surface area (Å²) in [5, 5.41) is 2.86. The quantitative estimate of drug-likeness (QED) is 0.781. The van der Waals surface area contributed by atoms with Crippen LogP contribution in [0, 0.1) is 5.92 Å². The number of carbonyl (C=O) groups excluding carboxylic acids is 2. The first-order chi connectivity index (χ1) is 9.31. The third kappa shape index (κ3) is 5.21. The van der Waals surface area contributed by atoms with Crippen LogP contribution in [0.3, 0.4) is 0 Å². The first-order valence-corrected chi connectivity index (χ1v) is 7.49. The Bertz CT molecular complexity index is 342. The van der Waals surface area contributed by atoms with Crippen LogP contribution in [0.15, 0.2) is 0 Å². The molecule has 0 aliphatic carbocycles. The summed E-state index contributed by atoms with van der Waals surface area (Å²) >= 11 is 0. The van der Waals surface area contributed by atoms with E-state index in [1.807, 2.05) is 13.8 Å². The molecule has 5 heteroatoms. The fourth-order valence-electron chi connectivity index (χ4n) is 2.76. The molecule has 5 nitrogen and oxygen atoms in total. The van der Waals surface area contributed by atoms with Crippen molar-refractivity contribution in [2.24, 2.45) is 5.92 Å². The van der Waals surface area contributed by atoms with Gasteiger partial charge in [-0.05, 0) is 46.3 Å². The minimum Gasteiger partial charge on any atom is -0.345 e. The Morgan fingerprint density at radius 2 is 2.00 bits per heavy atom. The number of nitrogens with zero attached hydrogens (tertiary/aromatic N) is 2. The highest BCUT2D eigenvalue weighted by Gasteiger charge is 2.25. The second kappa shape index (κ2) is 7.74. The average Bonchev–Trinajstić information content (AvgIpc) is 2.35. The van der Waals surface area contributed by atoms with E-state index in [0.29, 0.717) is 12.6 Å². The number of Topliss-reactive ketones (excluding diaryl/α,β-unsaturated/α-hetero) is 1. The van der Waals surface area contributed by atoms with Crippen molar-refractivity contribution in [3.8, 4) is 0 Å². The summed E-state index contributed by atoms with van der Waals surface area (Å²) in [4.78, 5) is 28.0. The van der Waals surface area contributed by atoms with Gasteiger partial charge in [-0.15, -0.1) is 0 Å². The Balaban J connectivity index is 2.47. The van der Waals surface area contributed by atoms with Crippen molar-refractivity contribution in [3.63, 3.8) is 0 Å². The van der Waals surface area contributed by atoms with E-state index in [-0.39, 0.29) is 23.7 Å². The van der Waals surface area contributed by atoms with E-state index in [9.17, 15) is 9.59 Å². The lowest BCUT2D eigenvalue weighted by molar-refractivity contribution is -0.128. The number of amides is 1. The highest BCUT2D eigenvalue weighted by atomic mass is 16.2. The molecule has 0 spiro atoms. The number of rotatable bonds is 6. The molecule has 1 heterocycles. The average molecular weight is 283 g/mol. The van der Waals surface area contributed by atoms with Crippen LogP contribution in [0.1, 0.15) is 33.6 Å². The van der Waals surface area contributed by atoms with Gasteiger partial charge in [-0.2, -0.15) is 0 Å². The maximum Gasteiger partial charge on any atom is 0.234 e. The number of carbonyl (C=O) groups is 2. The molecule has 0 radical (unpaired) electrons. The summed E-state index contributed by atoms with van der Waals surface area (Å²) in [6, 6.07) is 0.155. The smallest absolute Gasteiger partial charge is 0.234 e. The molecule has 0 aromatic heterocycles. The number of piperidine rings is 1. The predicted molar refractivity (Wildman–Crippen MR) is 80.6 cm³/mol. The van der Waals surface area contributed by atoms with Crippen molar-refractivity contribution < 1.29 is 9.59 Å². The molecule has 1 fully saturated rings. The maximum atomic E-state index is 12.1. The number of nitrogens with one attached hydrogen (secondary N) is 1. The molecule has 0 aromatic rings. The number of likely N-dealkylation sites (N-methyl/N-ethyl adjacent to an activating group) is 1. The number of hydrogen-bond donors (Lipinski definition) is 1. The molecule has 1 rings (SSSR count). The van der Waals surface area contributed by atoms with Crippen LogP contribution >= 0.6 is 0 Å². The van der Waals surface area contributed by atoms with Crippen LogP contribution < -0.4 is 5.32 Å². The third-order valence-corrected chi connectivity index (χ3v) is 4.00. The lowest BCUT2D eigenvalue weighted by atomic mass is 10.0. The summed E-state index contributed by atoms with van der Waals surface area (Å²) in [6.07, 6.45) is 2.31. The summed E-state index contributed by atoms with van der Waals surface area (Å²) in [5.74, 6) is 0.115. The van der Waals surface area contributed by atoms with Crippen LogP contribution in [-0.2, 0) is 9.59 Å². The van der Waals surface area contributed by atoms with E-state index in [4.69, 9.17) is 0 Å². The zero-order valence-electron chi connectivity index (χ0n) is 13.5. The van der Waals surface area contributed by atoms with E-state index in [1.54, 1.807) is 0 Å². The largest absolute Gasteiger partial charge is 0.345 e. The molecular weight excluding hydrogens is 254 g/mol. The van der Waals surface area contributed by atoms with Gasteiger partial charge in [-0.1, -0.05) is 13.8 Å². The zero-order valence-corrected chi connectivity index (χ0v) is 13.5. The van der Waals surface area contributed by atoms with Gasteiger partial charge in [0.15, 0.2) is 5.78 Å². The Hall–Kier alpha value is -0.940. The second-order valence-electron chi connectivity index (χ2n) is 6.39. The molecule has 2 unspecified atom stereocenters. The van der Waals surface area contributed by atoms with E-state index < -0.39 is 0 Å². The molecule has 1 aliphatic rings. The van der Waals surface area contributed by atoms with Crippen molar-refractivity contribution in [3.05, 3.63) is 0 Å². The summed E-state index contributed by atoms with van der Waals surface area (Å²) < 4.78 is 0. The molecule has 20 heavy (non-hydrogen) atoms. The molecule has 116 valence electrons.